The molecule has 0 saturated carbocycles. The fourth-order valence-corrected chi connectivity index (χ4v) is 3.64. The number of nitrogens with zero attached hydrogens (tertiary/aromatic N) is 1. The maximum atomic E-state index is 13.0. The SMILES string of the molecule is O=C(NC(c1ccccc1)c1ccc2nc(C(F)(F)F)[nH]c2c1)C1CC=CCC1. The Labute approximate surface area is 165 Å². The van der Waals surface area contributed by atoms with E-state index in [9.17, 15) is 18.0 Å². The number of rotatable bonds is 4. The molecule has 1 aliphatic carbocycles. The first-order valence-corrected chi connectivity index (χ1v) is 9.49. The van der Waals surface area contributed by atoms with Gasteiger partial charge in [0.25, 0.3) is 0 Å². The summed E-state index contributed by atoms with van der Waals surface area (Å²) in [6, 6.07) is 13.8. The highest BCUT2D eigenvalue weighted by Gasteiger charge is 2.35. The van der Waals surface area contributed by atoms with E-state index in [4.69, 9.17) is 0 Å². The van der Waals surface area contributed by atoms with Crippen LogP contribution in [-0.4, -0.2) is 15.9 Å². The van der Waals surface area contributed by atoms with Crippen molar-refractivity contribution in [3.63, 3.8) is 0 Å². The van der Waals surface area contributed by atoms with Crippen LogP contribution in [0.2, 0.25) is 0 Å². The van der Waals surface area contributed by atoms with Gasteiger partial charge in [-0.1, -0.05) is 48.6 Å². The third kappa shape index (κ3) is 4.18. The van der Waals surface area contributed by atoms with Gasteiger partial charge in [0.05, 0.1) is 17.1 Å². The van der Waals surface area contributed by atoms with E-state index in [2.05, 4.69) is 21.4 Å². The van der Waals surface area contributed by atoms with Gasteiger partial charge in [-0.3, -0.25) is 4.79 Å². The summed E-state index contributed by atoms with van der Waals surface area (Å²) in [6.07, 6.45) is 1.90. The molecule has 0 fully saturated rings. The van der Waals surface area contributed by atoms with Crippen molar-refractivity contribution in [1.82, 2.24) is 15.3 Å². The molecule has 0 saturated heterocycles. The molecule has 0 radical (unpaired) electrons. The van der Waals surface area contributed by atoms with Gasteiger partial charge >= 0.3 is 6.18 Å². The summed E-state index contributed by atoms with van der Waals surface area (Å²) in [7, 11) is 0. The van der Waals surface area contributed by atoms with Crippen LogP contribution in [0.5, 0.6) is 0 Å². The van der Waals surface area contributed by atoms with Crippen molar-refractivity contribution in [1.29, 1.82) is 0 Å². The molecule has 1 amide bonds. The Bertz CT molecular complexity index is 1040. The van der Waals surface area contributed by atoms with Gasteiger partial charge in [-0.25, -0.2) is 4.98 Å². The molecule has 0 bridgehead atoms. The van der Waals surface area contributed by atoms with Crippen LogP contribution in [0.15, 0.2) is 60.7 Å². The van der Waals surface area contributed by atoms with Gasteiger partial charge in [-0.15, -0.1) is 0 Å². The molecule has 4 rings (SSSR count). The number of fused-ring (bicyclic) bond motifs is 1. The number of nitrogens with one attached hydrogen (secondary N) is 2. The first-order valence-electron chi connectivity index (χ1n) is 9.49. The van der Waals surface area contributed by atoms with Crippen molar-refractivity contribution >= 4 is 16.9 Å². The predicted octanol–water partition coefficient (Wildman–Crippen LogP) is 5.14. The van der Waals surface area contributed by atoms with Gasteiger partial charge in [0.15, 0.2) is 0 Å². The lowest BCUT2D eigenvalue weighted by Crippen LogP contribution is -2.35. The molecular formula is C22H20F3N3O. The number of allylic oxidation sites excluding steroid dienone is 2. The van der Waals surface area contributed by atoms with E-state index in [1.807, 2.05) is 36.4 Å². The number of alkyl halides is 3. The summed E-state index contributed by atoms with van der Waals surface area (Å²) in [6.45, 7) is 0. The van der Waals surface area contributed by atoms with Gasteiger partial charge in [0.2, 0.25) is 11.7 Å². The van der Waals surface area contributed by atoms with Crippen LogP contribution in [0.1, 0.15) is 42.3 Å². The van der Waals surface area contributed by atoms with Crippen LogP contribution >= 0.6 is 0 Å². The summed E-state index contributed by atoms with van der Waals surface area (Å²) in [5.41, 5.74) is 2.07. The number of hydrogen-bond donors (Lipinski definition) is 2. The normalized spacial score (nSPS) is 18.0. The second kappa shape index (κ2) is 7.73. The number of carbonyl (C=O) groups is 1. The Morgan fingerprint density at radius 2 is 1.90 bits per heavy atom. The number of amides is 1. The Morgan fingerprint density at radius 3 is 2.59 bits per heavy atom. The highest BCUT2D eigenvalue weighted by Crippen LogP contribution is 2.31. The number of halogens is 3. The van der Waals surface area contributed by atoms with E-state index in [0.29, 0.717) is 12.0 Å². The number of aromatic amines is 1. The molecule has 4 nitrogen and oxygen atoms in total. The standard InChI is InChI=1S/C22H20F3N3O/c23-22(24,25)21-26-17-12-11-16(13-18(17)27-21)19(14-7-3-1-4-8-14)28-20(29)15-9-5-2-6-10-15/h1-5,7-8,11-13,15,19H,6,9-10H2,(H,26,27)(H,28,29). The highest BCUT2D eigenvalue weighted by molar-refractivity contribution is 5.81. The largest absolute Gasteiger partial charge is 0.449 e. The average molecular weight is 399 g/mol. The Kier molecular flexibility index (Phi) is 5.13. The Balaban J connectivity index is 1.69. The van der Waals surface area contributed by atoms with Crippen molar-refractivity contribution in [2.75, 3.05) is 0 Å². The maximum Gasteiger partial charge on any atom is 0.449 e. The predicted molar refractivity (Wildman–Crippen MR) is 104 cm³/mol. The van der Waals surface area contributed by atoms with E-state index in [0.717, 1.165) is 18.4 Å². The second-order valence-electron chi connectivity index (χ2n) is 7.19. The van der Waals surface area contributed by atoms with Crippen molar-refractivity contribution in [2.45, 2.75) is 31.5 Å². The van der Waals surface area contributed by atoms with Crippen LogP contribution in [0.4, 0.5) is 13.2 Å². The molecular weight excluding hydrogens is 379 g/mol. The molecule has 1 aliphatic rings. The first kappa shape index (κ1) is 19.2. The van der Waals surface area contributed by atoms with Gasteiger partial charge in [-0.2, -0.15) is 13.2 Å². The number of imidazole rings is 1. The zero-order chi connectivity index (χ0) is 20.4. The van der Waals surface area contributed by atoms with Crippen LogP contribution in [0.3, 0.4) is 0 Å². The molecule has 29 heavy (non-hydrogen) atoms. The zero-order valence-electron chi connectivity index (χ0n) is 15.5. The number of hydrogen-bond acceptors (Lipinski definition) is 2. The summed E-state index contributed by atoms with van der Waals surface area (Å²) < 4.78 is 38.9. The Hall–Kier alpha value is -3.09. The lowest BCUT2D eigenvalue weighted by Gasteiger charge is -2.24. The number of benzene rings is 2. The summed E-state index contributed by atoms with van der Waals surface area (Å²) >= 11 is 0. The minimum Gasteiger partial charge on any atom is -0.345 e. The Morgan fingerprint density at radius 1 is 1.10 bits per heavy atom. The number of H-pyrrole nitrogens is 1. The highest BCUT2D eigenvalue weighted by atomic mass is 19.4. The third-order valence-corrected chi connectivity index (χ3v) is 5.17. The molecule has 2 N–H and O–H groups in total. The van der Waals surface area contributed by atoms with E-state index in [-0.39, 0.29) is 22.9 Å². The monoisotopic (exact) mass is 399 g/mol. The molecule has 1 heterocycles. The fourth-order valence-electron chi connectivity index (χ4n) is 3.64. The quantitative estimate of drug-likeness (QED) is 0.597. The summed E-state index contributed by atoms with van der Waals surface area (Å²) in [4.78, 5) is 18.8. The lowest BCUT2D eigenvalue weighted by molar-refractivity contribution is -0.144. The van der Waals surface area contributed by atoms with E-state index in [1.165, 1.54) is 0 Å². The average Bonchev–Trinajstić information content (AvgIpc) is 3.17. The molecule has 150 valence electrons. The molecule has 0 spiro atoms. The molecule has 2 unspecified atom stereocenters. The van der Waals surface area contributed by atoms with Gasteiger partial charge in [0.1, 0.15) is 0 Å². The van der Waals surface area contributed by atoms with Crippen LogP contribution in [0, 0.1) is 5.92 Å². The third-order valence-electron chi connectivity index (χ3n) is 5.17. The van der Waals surface area contributed by atoms with Gasteiger partial charge < -0.3 is 10.3 Å². The molecule has 7 heteroatoms. The van der Waals surface area contributed by atoms with Crippen molar-refractivity contribution in [3.05, 3.63) is 77.6 Å². The molecule has 3 aromatic rings. The van der Waals surface area contributed by atoms with Crippen LogP contribution < -0.4 is 5.32 Å². The molecule has 1 aromatic heterocycles. The second-order valence-corrected chi connectivity index (χ2v) is 7.19. The fraction of sp³-hybridized carbons (Fsp3) is 0.273. The maximum absolute atomic E-state index is 13.0. The molecule has 2 aromatic carbocycles. The van der Waals surface area contributed by atoms with Crippen LogP contribution in [-0.2, 0) is 11.0 Å². The lowest BCUT2D eigenvalue weighted by atomic mass is 9.92. The first-order chi connectivity index (χ1) is 13.9. The summed E-state index contributed by atoms with van der Waals surface area (Å²) in [5.74, 6) is -1.18. The minimum absolute atomic E-state index is 0.0520. The molecule has 2 atom stereocenters. The van der Waals surface area contributed by atoms with E-state index < -0.39 is 18.0 Å². The zero-order valence-corrected chi connectivity index (χ0v) is 15.5. The molecule has 0 aliphatic heterocycles. The van der Waals surface area contributed by atoms with E-state index in [1.54, 1.807) is 18.2 Å². The van der Waals surface area contributed by atoms with Crippen LogP contribution in [0.25, 0.3) is 11.0 Å². The number of aromatic nitrogens is 2. The van der Waals surface area contributed by atoms with Gasteiger partial charge in [0, 0.05) is 5.92 Å². The van der Waals surface area contributed by atoms with Gasteiger partial charge in [-0.05, 0) is 42.5 Å². The summed E-state index contributed by atoms with van der Waals surface area (Å²) in [5, 5.41) is 3.09. The van der Waals surface area contributed by atoms with Crippen molar-refractivity contribution < 1.29 is 18.0 Å². The van der Waals surface area contributed by atoms with Crippen molar-refractivity contribution in [3.8, 4) is 0 Å². The van der Waals surface area contributed by atoms with E-state index >= 15 is 0 Å². The minimum atomic E-state index is -4.54. The topological polar surface area (TPSA) is 57.8 Å². The number of carbonyl (C=O) groups excluding carboxylic acids is 1. The van der Waals surface area contributed by atoms with Crippen molar-refractivity contribution in [2.24, 2.45) is 5.92 Å². The smallest absolute Gasteiger partial charge is 0.345 e.